The fraction of sp³-hybridized carbons (Fsp3) is 0.250. The normalized spacial score (nSPS) is 14.4. The van der Waals surface area contributed by atoms with Crippen molar-refractivity contribution in [3.63, 3.8) is 0 Å². The van der Waals surface area contributed by atoms with E-state index >= 15 is 0 Å². The molecule has 3 aromatic carbocycles. The van der Waals surface area contributed by atoms with Crippen LogP contribution >= 0.6 is 11.8 Å². The highest BCUT2D eigenvalue weighted by Crippen LogP contribution is 2.36. The van der Waals surface area contributed by atoms with Crippen LogP contribution in [0.4, 0.5) is 11.4 Å². The molecule has 0 aliphatic carbocycles. The van der Waals surface area contributed by atoms with E-state index in [-0.39, 0.29) is 10.6 Å². The molecule has 0 amide bonds. The number of fused-ring (bicyclic) bond motifs is 1. The highest BCUT2D eigenvalue weighted by atomic mass is 32.2. The fourth-order valence-corrected chi connectivity index (χ4v) is 5.42. The van der Waals surface area contributed by atoms with Crippen molar-refractivity contribution in [2.24, 2.45) is 15.2 Å². The number of benzene rings is 3. The molecule has 1 aliphatic rings. The van der Waals surface area contributed by atoms with Crippen LogP contribution < -0.4 is 4.72 Å². The van der Waals surface area contributed by atoms with Crippen molar-refractivity contribution in [1.82, 2.24) is 4.72 Å². The SMILES string of the molecule is C[N+]1=C(SCCCNS(=O)(=O)c2ccc(N=Nc3c(O)ccc4ccccc34)cc2)N=CCC1. The first kappa shape index (κ1) is 24.1. The third kappa shape index (κ3) is 5.88. The lowest BCUT2D eigenvalue weighted by molar-refractivity contribution is -0.494. The van der Waals surface area contributed by atoms with Gasteiger partial charge in [0.15, 0.2) is 0 Å². The molecule has 0 saturated heterocycles. The zero-order valence-electron chi connectivity index (χ0n) is 18.8. The third-order valence-electron chi connectivity index (χ3n) is 5.26. The van der Waals surface area contributed by atoms with Crippen LogP contribution in [-0.2, 0) is 10.0 Å². The van der Waals surface area contributed by atoms with E-state index < -0.39 is 10.0 Å². The Labute approximate surface area is 203 Å². The van der Waals surface area contributed by atoms with Gasteiger partial charge < -0.3 is 5.11 Å². The second-order valence-electron chi connectivity index (χ2n) is 7.75. The molecule has 176 valence electrons. The number of phenols is 1. The number of thioether (sulfide) groups is 1. The Kier molecular flexibility index (Phi) is 7.71. The smallest absolute Gasteiger partial charge is 0.353 e. The second kappa shape index (κ2) is 10.9. The predicted molar refractivity (Wildman–Crippen MR) is 138 cm³/mol. The van der Waals surface area contributed by atoms with E-state index in [9.17, 15) is 13.5 Å². The zero-order valence-corrected chi connectivity index (χ0v) is 20.4. The van der Waals surface area contributed by atoms with E-state index in [2.05, 4.69) is 24.5 Å². The van der Waals surface area contributed by atoms with Crippen LogP contribution in [0.15, 0.2) is 80.8 Å². The van der Waals surface area contributed by atoms with Gasteiger partial charge in [0, 0.05) is 24.1 Å². The summed E-state index contributed by atoms with van der Waals surface area (Å²) in [7, 11) is -1.60. The number of azo groups is 1. The van der Waals surface area contributed by atoms with E-state index in [4.69, 9.17) is 0 Å². The van der Waals surface area contributed by atoms with Crippen LogP contribution in [0.25, 0.3) is 10.8 Å². The van der Waals surface area contributed by atoms with Crippen molar-refractivity contribution in [1.29, 1.82) is 0 Å². The first-order valence-electron chi connectivity index (χ1n) is 10.9. The van der Waals surface area contributed by atoms with Crippen LogP contribution in [0.5, 0.6) is 5.75 Å². The molecule has 0 radical (unpaired) electrons. The van der Waals surface area contributed by atoms with Gasteiger partial charge in [0.1, 0.15) is 17.7 Å². The molecule has 0 atom stereocenters. The summed E-state index contributed by atoms with van der Waals surface area (Å²) in [6.45, 7) is 1.30. The highest BCUT2D eigenvalue weighted by Gasteiger charge is 2.16. The monoisotopic (exact) mass is 496 g/mol. The third-order valence-corrected chi connectivity index (χ3v) is 7.90. The lowest BCUT2D eigenvalue weighted by Crippen LogP contribution is -2.25. The number of amidine groups is 1. The molecule has 0 fully saturated rings. The molecule has 3 aromatic rings. The highest BCUT2D eigenvalue weighted by molar-refractivity contribution is 8.13. The fourth-order valence-electron chi connectivity index (χ4n) is 3.41. The summed E-state index contributed by atoms with van der Waals surface area (Å²) in [5.41, 5.74) is 0.856. The second-order valence-corrected chi connectivity index (χ2v) is 10.6. The maximum Gasteiger partial charge on any atom is 0.353 e. The van der Waals surface area contributed by atoms with Crippen LogP contribution in [0.2, 0.25) is 0 Å². The van der Waals surface area contributed by atoms with Gasteiger partial charge in [0.2, 0.25) is 10.0 Å². The average Bonchev–Trinajstić information content (AvgIpc) is 2.84. The number of aliphatic imine (C=N–C) groups is 1. The Hall–Kier alpha value is -3.08. The van der Waals surface area contributed by atoms with E-state index in [1.54, 1.807) is 30.0 Å². The summed E-state index contributed by atoms with van der Waals surface area (Å²) in [6, 6.07) is 17.1. The van der Waals surface area contributed by atoms with Gasteiger partial charge >= 0.3 is 5.17 Å². The van der Waals surface area contributed by atoms with Crippen LogP contribution in [0, 0.1) is 0 Å². The number of hydrogen-bond donors (Lipinski definition) is 2. The molecule has 0 saturated carbocycles. The first-order valence-corrected chi connectivity index (χ1v) is 13.4. The van der Waals surface area contributed by atoms with Crippen molar-refractivity contribution >= 4 is 55.3 Å². The predicted octanol–water partition coefficient (Wildman–Crippen LogP) is 4.84. The zero-order chi connectivity index (χ0) is 24.0. The summed E-state index contributed by atoms with van der Waals surface area (Å²) in [5.74, 6) is 0.809. The van der Waals surface area contributed by atoms with Crippen molar-refractivity contribution in [3.8, 4) is 5.75 Å². The Morgan fingerprint density at radius 3 is 2.68 bits per heavy atom. The molecule has 0 aromatic heterocycles. The Balaban J connectivity index is 1.35. The van der Waals surface area contributed by atoms with Crippen molar-refractivity contribution in [2.45, 2.75) is 17.7 Å². The van der Waals surface area contributed by atoms with Crippen LogP contribution in [0.1, 0.15) is 12.8 Å². The molecule has 1 heterocycles. The summed E-state index contributed by atoms with van der Waals surface area (Å²) < 4.78 is 29.9. The first-order chi connectivity index (χ1) is 16.4. The molecule has 0 unspecified atom stereocenters. The summed E-state index contributed by atoms with van der Waals surface area (Å²) in [4.78, 5) is 4.54. The maximum atomic E-state index is 12.6. The van der Waals surface area contributed by atoms with E-state index in [1.807, 2.05) is 43.6 Å². The van der Waals surface area contributed by atoms with Crippen LogP contribution in [-0.4, -0.2) is 55.4 Å². The average molecular weight is 497 g/mol. The largest absolute Gasteiger partial charge is 0.506 e. The van der Waals surface area contributed by atoms with E-state index in [1.165, 1.54) is 12.1 Å². The summed E-state index contributed by atoms with van der Waals surface area (Å²) >= 11 is 1.63. The van der Waals surface area contributed by atoms with Gasteiger partial charge in [-0.05, 0) is 58.9 Å². The minimum absolute atomic E-state index is 0.0318. The lowest BCUT2D eigenvalue weighted by atomic mass is 10.1. The molecule has 10 heteroatoms. The minimum atomic E-state index is -3.61. The number of rotatable bonds is 8. The lowest BCUT2D eigenvalue weighted by Gasteiger charge is -2.07. The standard InChI is InChI=1S/C24H25N5O3S2/c1-29-16-4-14-25-24(29)33-17-5-15-26-34(31,32)20-11-9-19(10-12-20)27-28-23-21-7-3-2-6-18(21)8-13-22(23)30/h2-3,6-14,26H,4-5,15-17H2,1H3/p+1. The molecule has 8 nitrogen and oxygen atoms in total. The molecule has 34 heavy (non-hydrogen) atoms. The maximum absolute atomic E-state index is 12.6. The van der Waals surface area contributed by atoms with Gasteiger partial charge in [0.05, 0.1) is 24.2 Å². The molecule has 4 rings (SSSR count). The number of nitrogens with zero attached hydrogens (tertiary/aromatic N) is 4. The quantitative estimate of drug-likeness (QED) is 0.264. The van der Waals surface area contributed by atoms with Crippen LogP contribution in [0.3, 0.4) is 0 Å². The summed E-state index contributed by atoms with van der Waals surface area (Å²) in [6.07, 6.45) is 3.56. The Bertz CT molecular complexity index is 1370. The molecular formula is C24H26N5O3S2+. The molecule has 0 spiro atoms. The summed E-state index contributed by atoms with van der Waals surface area (Å²) in [5, 5.41) is 21.3. The molecule has 2 N–H and O–H groups in total. The number of hydrogen-bond acceptors (Lipinski definition) is 7. The number of sulfonamides is 1. The van der Waals surface area contributed by atoms with Crippen molar-refractivity contribution in [2.75, 3.05) is 25.9 Å². The molecular weight excluding hydrogens is 470 g/mol. The minimum Gasteiger partial charge on any atom is -0.506 e. The Morgan fingerprint density at radius 1 is 1.09 bits per heavy atom. The topological polar surface area (TPSA) is 106 Å². The number of phenolic OH excluding ortho intramolecular Hbond substituents is 1. The van der Waals surface area contributed by atoms with Gasteiger partial charge in [-0.2, -0.15) is 5.11 Å². The van der Waals surface area contributed by atoms with E-state index in [0.717, 1.165) is 34.7 Å². The van der Waals surface area contributed by atoms with Gasteiger partial charge in [-0.15, -0.1) is 5.11 Å². The molecule has 1 aliphatic heterocycles. The van der Waals surface area contributed by atoms with E-state index in [0.29, 0.717) is 24.3 Å². The van der Waals surface area contributed by atoms with Gasteiger partial charge in [0.25, 0.3) is 0 Å². The molecule has 0 bridgehead atoms. The Morgan fingerprint density at radius 2 is 1.88 bits per heavy atom. The van der Waals surface area contributed by atoms with Gasteiger partial charge in [-0.3, -0.25) is 4.58 Å². The number of aromatic hydroxyl groups is 1. The number of nitrogens with one attached hydrogen (secondary N) is 1. The van der Waals surface area contributed by atoms with Gasteiger partial charge in [-0.1, -0.05) is 30.3 Å². The van der Waals surface area contributed by atoms with Crippen molar-refractivity contribution < 1.29 is 18.1 Å². The van der Waals surface area contributed by atoms with Gasteiger partial charge in [-0.25, -0.2) is 13.1 Å². The van der Waals surface area contributed by atoms with Crippen molar-refractivity contribution in [3.05, 3.63) is 60.7 Å².